The number of methoxy groups -OCH3 is 1. The highest BCUT2D eigenvalue weighted by molar-refractivity contribution is 9.10. The SMILES string of the molecule is COc1ccc(Cl)cc1CC(N)c1cc(Br)ccc1Cl. The van der Waals surface area contributed by atoms with Gasteiger partial charge in [0.1, 0.15) is 5.75 Å². The Morgan fingerprint density at radius 2 is 1.95 bits per heavy atom. The van der Waals surface area contributed by atoms with Gasteiger partial charge in [0.2, 0.25) is 0 Å². The van der Waals surface area contributed by atoms with Gasteiger partial charge < -0.3 is 10.5 Å². The van der Waals surface area contributed by atoms with E-state index in [9.17, 15) is 0 Å². The van der Waals surface area contributed by atoms with Crippen LogP contribution in [-0.2, 0) is 6.42 Å². The fraction of sp³-hybridized carbons (Fsp3) is 0.200. The summed E-state index contributed by atoms with van der Waals surface area (Å²) in [5, 5.41) is 1.31. The molecule has 0 heterocycles. The summed E-state index contributed by atoms with van der Waals surface area (Å²) in [5.41, 5.74) is 8.12. The summed E-state index contributed by atoms with van der Waals surface area (Å²) in [7, 11) is 1.63. The third-order valence-corrected chi connectivity index (χ3v) is 4.11. The molecule has 0 fully saturated rings. The Hall–Kier alpha value is -0.740. The van der Waals surface area contributed by atoms with Crippen LogP contribution in [-0.4, -0.2) is 7.11 Å². The molecule has 0 aromatic heterocycles. The number of ether oxygens (including phenoxy) is 1. The lowest BCUT2D eigenvalue weighted by molar-refractivity contribution is 0.408. The molecule has 106 valence electrons. The van der Waals surface area contributed by atoms with Crippen LogP contribution in [0.4, 0.5) is 0 Å². The standard InChI is InChI=1S/C15H14BrCl2NO/c1-20-15-5-3-11(17)6-9(15)7-14(19)12-8-10(16)2-4-13(12)18/h2-6,8,14H,7,19H2,1H3. The Labute approximate surface area is 137 Å². The first kappa shape index (κ1) is 15.6. The van der Waals surface area contributed by atoms with Crippen LogP contribution >= 0.6 is 39.1 Å². The quantitative estimate of drug-likeness (QED) is 0.816. The van der Waals surface area contributed by atoms with E-state index in [4.69, 9.17) is 33.7 Å². The maximum Gasteiger partial charge on any atom is 0.122 e. The van der Waals surface area contributed by atoms with Gasteiger partial charge in [0.05, 0.1) is 7.11 Å². The molecule has 2 N–H and O–H groups in total. The van der Waals surface area contributed by atoms with Crippen LogP contribution in [0.1, 0.15) is 17.2 Å². The summed E-state index contributed by atoms with van der Waals surface area (Å²) in [5.74, 6) is 0.774. The van der Waals surface area contributed by atoms with Gasteiger partial charge >= 0.3 is 0 Å². The van der Waals surface area contributed by atoms with E-state index in [0.29, 0.717) is 16.5 Å². The van der Waals surface area contributed by atoms with Gasteiger partial charge in [-0.25, -0.2) is 0 Å². The van der Waals surface area contributed by atoms with Gasteiger partial charge in [-0.3, -0.25) is 0 Å². The fourth-order valence-electron chi connectivity index (χ4n) is 2.05. The van der Waals surface area contributed by atoms with Crippen LogP contribution in [0.15, 0.2) is 40.9 Å². The van der Waals surface area contributed by atoms with Gasteiger partial charge in [-0.2, -0.15) is 0 Å². The van der Waals surface area contributed by atoms with E-state index in [1.54, 1.807) is 13.2 Å². The first-order chi connectivity index (χ1) is 9.51. The fourth-order valence-corrected chi connectivity index (χ4v) is 2.88. The molecule has 0 aliphatic heterocycles. The molecule has 0 amide bonds. The van der Waals surface area contributed by atoms with Gasteiger partial charge in [0, 0.05) is 20.6 Å². The molecule has 2 nitrogen and oxygen atoms in total. The van der Waals surface area contributed by atoms with Gasteiger partial charge in [0.25, 0.3) is 0 Å². The number of nitrogens with two attached hydrogens (primary N) is 1. The lowest BCUT2D eigenvalue weighted by atomic mass is 9.99. The second-order valence-corrected chi connectivity index (χ2v) is 6.19. The molecule has 0 spiro atoms. The molecule has 2 rings (SSSR count). The monoisotopic (exact) mass is 373 g/mol. The normalized spacial score (nSPS) is 12.2. The number of hydrogen-bond acceptors (Lipinski definition) is 2. The van der Waals surface area contributed by atoms with E-state index in [-0.39, 0.29) is 6.04 Å². The van der Waals surface area contributed by atoms with Crippen LogP contribution in [0.25, 0.3) is 0 Å². The first-order valence-electron chi connectivity index (χ1n) is 6.04. The average Bonchev–Trinajstić information content (AvgIpc) is 2.41. The molecule has 1 atom stereocenters. The number of hydrogen-bond donors (Lipinski definition) is 1. The Morgan fingerprint density at radius 1 is 1.20 bits per heavy atom. The summed E-state index contributed by atoms with van der Waals surface area (Å²) < 4.78 is 6.28. The van der Waals surface area contributed by atoms with Gasteiger partial charge in [0.15, 0.2) is 0 Å². The summed E-state index contributed by atoms with van der Waals surface area (Å²) in [4.78, 5) is 0. The van der Waals surface area contributed by atoms with Crippen molar-refractivity contribution in [1.29, 1.82) is 0 Å². The van der Waals surface area contributed by atoms with Gasteiger partial charge in [-0.15, -0.1) is 0 Å². The molecule has 0 saturated heterocycles. The third-order valence-electron chi connectivity index (χ3n) is 3.04. The largest absolute Gasteiger partial charge is 0.496 e. The third kappa shape index (κ3) is 3.67. The second-order valence-electron chi connectivity index (χ2n) is 4.43. The topological polar surface area (TPSA) is 35.2 Å². The highest BCUT2D eigenvalue weighted by atomic mass is 79.9. The molecule has 0 aliphatic rings. The Bertz CT molecular complexity index is 619. The zero-order valence-electron chi connectivity index (χ0n) is 10.9. The van der Waals surface area contributed by atoms with Crippen LogP contribution in [0.2, 0.25) is 10.0 Å². The minimum atomic E-state index is -0.229. The van der Waals surface area contributed by atoms with E-state index in [2.05, 4.69) is 15.9 Å². The molecule has 20 heavy (non-hydrogen) atoms. The van der Waals surface area contributed by atoms with Gasteiger partial charge in [-0.05, 0) is 53.9 Å². The Kier molecular flexibility index (Phi) is 5.33. The molecule has 2 aromatic rings. The highest BCUT2D eigenvalue weighted by Crippen LogP contribution is 2.31. The van der Waals surface area contributed by atoms with Crippen molar-refractivity contribution in [2.45, 2.75) is 12.5 Å². The van der Waals surface area contributed by atoms with Crippen molar-refractivity contribution in [3.8, 4) is 5.75 Å². The number of benzene rings is 2. The Morgan fingerprint density at radius 3 is 2.65 bits per heavy atom. The van der Waals surface area contributed by atoms with Crippen molar-refractivity contribution in [3.05, 3.63) is 62.0 Å². The lowest BCUT2D eigenvalue weighted by Gasteiger charge is -2.16. The van der Waals surface area contributed by atoms with Crippen LogP contribution in [0.3, 0.4) is 0 Å². The molecule has 2 aromatic carbocycles. The number of halogens is 3. The van der Waals surface area contributed by atoms with Crippen molar-refractivity contribution < 1.29 is 4.74 Å². The molecule has 0 radical (unpaired) electrons. The minimum Gasteiger partial charge on any atom is -0.496 e. The van der Waals surface area contributed by atoms with Crippen LogP contribution in [0.5, 0.6) is 5.75 Å². The summed E-state index contributed by atoms with van der Waals surface area (Å²) in [6.45, 7) is 0. The first-order valence-corrected chi connectivity index (χ1v) is 7.59. The molecular weight excluding hydrogens is 361 g/mol. The van der Waals surface area contributed by atoms with Gasteiger partial charge in [-0.1, -0.05) is 39.1 Å². The zero-order valence-corrected chi connectivity index (χ0v) is 14.0. The maximum absolute atomic E-state index is 6.27. The summed E-state index contributed by atoms with van der Waals surface area (Å²) >= 11 is 15.7. The van der Waals surface area contributed by atoms with E-state index in [1.807, 2.05) is 30.3 Å². The Balaban J connectivity index is 2.29. The average molecular weight is 375 g/mol. The van der Waals surface area contributed by atoms with Crippen molar-refractivity contribution in [3.63, 3.8) is 0 Å². The predicted molar refractivity (Wildman–Crippen MR) is 87.8 cm³/mol. The van der Waals surface area contributed by atoms with Crippen molar-refractivity contribution in [1.82, 2.24) is 0 Å². The highest BCUT2D eigenvalue weighted by Gasteiger charge is 2.14. The van der Waals surface area contributed by atoms with E-state index < -0.39 is 0 Å². The summed E-state index contributed by atoms with van der Waals surface area (Å²) in [6.07, 6.45) is 0.597. The molecule has 5 heteroatoms. The van der Waals surface area contributed by atoms with E-state index >= 15 is 0 Å². The minimum absolute atomic E-state index is 0.229. The van der Waals surface area contributed by atoms with Crippen molar-refractivity contribution in [2.75, 3.05) is 7.11 Å². The lowest BCUT2D eigenvalue weighted by Crippen LogP contribution is -2.14. The van der Waals surface area contributed by atoms with Crippen LogP contribution in [0, 0.1) is 0 Å². The maximum atomic E-state index is 6.27. The smallest absolute Gasteiger partial charge is 0.122 e. The zero-order chi connectivity index (χ0) is 14.7. The second kappa shape index (κ2) is 6.81. The van der Waals surface area contributed by atoms with E-state index in [1.165, 1.54) is 0 Å². The summed E-state index contributed by atoms with van der Waals surface area (Å²) in [6, 6.07) is 10.9. The van der Waals surface area contributed by atoms with Crippen LogP contribution < -0.4 is 10.5 Å². The molecule has 0 saturated carbocycles. The predicted octanol–water partition coefficient (Wildman–Crippen LogP) is 5.01. The molecular formula is C15H14BrCl2NO. The van der Waals surface area contributed by atoms with Crippen molar-refractivity contribution >= 4 is 39.1 Å². The number of rotatable bonds is 4. The molecule has 0 bridgehead atoms. The molecule has 1 unspecified atom stereocenters. The van der Waals surface area contributed by atoms with Crippen molar-refractivity contribution in [2.24, 2.45) is 5.73 Å². The molecule has 0 aliphatic carbocycles. The van der Waals surface area contributed by atoms with E-state index in [0.717, 1.165) is 21.3 Å².